The molecular weight excluding hydrogens is 164 g/mol. The van der Waals surface area contributed by atoms with E-state index in [0.29, 0.717) is 18.1 Å². The molecule has 1 aromatic rings. The first-order chi connectivity index (χ1) is 6.27. The van der Waals surface area contributed by atoms with Crippen molar-refractivity contribution in [3.8, 4) is 0 Å². The van der Waals surface area contributed by atoms with Gasteiger partial charge in [-0.2, -0.15) is 0 Å². The third-order valence-electron chi connectivity index (χ3n) is 2.36. The second-order valence-electron chi connectivity index (χ2n) is 3.51. The number of ketones is 1. The van der Waals surface area contributed by atoms with Crippen LogP contribution >= 0.6 is 0 Å². The van der Waals surface area contributed by atoms with Gasteiger partial charge in [0.25, 0.3) is 0 Å². The highest BCUT2D eigenvalue weighted by molar-refractivity contribution is 5.84. The zero-order valence-corrected chi connectivity index (χ0v) is 7.66. The molecular formula is C10H12N2O. The van der Waals surface area contributed by atoms with Crippen LogP contribution in [0.15, 0.2) is 12.4 Å². The van der Waals surface area contributed by atoms with E-state index in [0.717, 1.165) is 24.2 Å². The first kappa shape index (κ1) is 8.35. The van der Waals surface area contributed by atoms with E-state index in [2.05, 4.69) is 9.97 Å². The Hall–Kier alpha value is -1.25. The van der Waals surface area contributed by atoms with Crippen molar-refractivity contribution >= 4 is 5.78 Å². The lowest BCUT2D eigenvalue weighted by atomic mass is 10.1. The topological polar surface area (TPSA) is 42.9 Å². The Bertz CT molecular complexity index is 331. The minimum absolute atomic E-state index is 0.321. The molecule has 1 fully saturated rings. The van der Waals surface area contributed by atoms with Gasteiger partial charge in [-0.25, -0.2) is 0 Å². The van der Waals surface area contributed by atoms with Gasteiger partial charge in [0.05, 0.1) is 17.8 Å². The van der Waals surface area contributed by atoms with Crippen LogP contribution < -0.4 is 0 Å². The van der Waals surface area contributed by atoms with Crippen LogP contribution in [-0.4, -0.2) is 15.8 Å². The third kappa shape index (κ3) is 1.91. The first-order valence-corrected chi connectivity index (χ1v) is 4.56. The highest BCUT2D eigenvalue weighted by atomic mass is 16.1. The zero-order valence-electron chi connectivity index (χ0n) is 7.66. The fraction of sp³-hybridized carbons (Fsp3) is 0.500. The van der Waals surface area contributed by atoms with Crippen LogP contribution in [0.3, 0.4) is 0 Å². The van der Waals surface area contributed by atoms with E-state index in [-0.39, 0.29) is 0 Å². The molecule has 0 amide bonds. The lowest BCUT2D eigenvalue weighted by molar-refractivity contribution is -0.119. The van der Waals surface area contributed by atoms with E-state index >= 15 is 0 Å². The lowest BCUT2D eigenvalue weighted by Gasteiger charge is -2.00. The van der Waals surface area contributed by atoms with Gasteiger partial charge in [-0.1, -0.05) is 0 Å². The molecule has 68 valence electrons. The summed E-state index contributed by atoms with van der Waals surface area (Å²) in [4.78, 5) is 19.7. The maximum absolute atomic E-state index is 11.5. The van der Waals surface area contributed by atoms with Gasteiger partial charge in [0.1, 0.15) is 5.78 Å². The van der Waals surface area contributed by atoms with Crippen molar-refractivity contribution in [2.45, 2.75) is 26.2 Å². The Morgan fingerprint density at radius 1 is 1.46 bits per heavy atom. The number of hydrogen-bond acceptors (Lipinski definition) is 3. The number of Topliss-reactive ketones (excluding diaryl/α,β-unsaturated/α-hetero) is 1. The van der Waals surface area contributed by atoms with Gasteiger partial charge in [0, 0.05) is 18.3 Å². The van der Waals surface area contributed by atoms with Crippen LogP contribution in [0, 0.1) is 12.8 Å². The number of carbonyl (C=O) groups excluding carboxylic acids is 1. The number of nitrogens with zero attached hydrogens (tertiary/aromatic N) is 2. The summed E-state index contributed by atoms with van der Waals surface area (Å²) in [5.41, 5.74) is 1.70. The standard InChI is InChI=1S/C10H12N2O/c1-7-9(12-5-4-11-7)6-10(13)8-2-3-8/h4-5,8H,2-3,6H2,1H3. The van der Waals surface area contributed by atoms with Gasteiger partial charge < -0.3 is 0 Å². The molecule has 0 atom stereocenters. The highest BCUT2D eigenvalue weighted by Crippen LogP contribution is 2.30. The molecule has 0 unspecified atom stereocenters. The summed E-state index contributed by atoms with van der Waals surface area (Å²) in [6, 6.07) is 0. The van der Waals surface area contributed by atoms with E-state index in [4.69, 9.17) is 0 Å². The van der Waals surface area contributed by atoms with Gasteiger partial charge in [-0.3, -0.25) is 14.8 Å². The van der Waals surface area contributed by atoms with Crippen molar-refractivity contribution in [2.24, 2.45) is 5.92 Å². The summed E-state index contributed by atoms with van der Waals surface area (Å²) < 4.78 is 0. The Morgan fingerprint density at radius 2 is 2.15 bits per heavy atom. The molecule has 1 aromatic heterocycles. The molecule has 3 nitrogen and oxygen atoms in total. The summed E-state index contributed by atoms with van der Waals surface area (Å²) in [7, 11) is 0. The molecule has 0 aliphatic heterocycles. The molecule has 3 heteroatoms. The fourth-order valence-corrected chi connectivity index (χ4v) is 1.32. The molecule has 0 bridgehead atoms. The minimum atomic E-state index is 0.321. The van der Waals surface area contributed by atoms with Gasteiger partial charge >= 0.3 is 0 Å². The van der Waals surface area contributed by atoms with E-state index in [1.807, 2.05) is 6.92 Å². The molecule has 2 rings (SSSR count). The maximum Gasteiger partial charge on any atom is 0.141 e. The predicted octanol–water partition coefficient (Wildman–Crippen LogP) is 1.31. The Balaban J connectivity index is 2.08. The molecule has 1 aliphatic carbocycles. The quantitative estimate of drug-likeness (QED) is 0.697. The molecule has 1 saturated carbocycles. The molecule has 1 aliphatic rings. The van der Waals surface area contributed by atoms with Crippen molar-refractivity contribution in [1.29, 1.82) is 0 Å². The largest absolute Gasteiger partial charge is 0.299 e. The molecule has 1 heterocycles. The first-order valence-electron chi connectivity index (χ1n) is 4.56. The smallest absolute Gasteiger partial charge is 0.141 e. The lowest BCUT2D eigenvalue weighted by Crippen LogP contribution is -2.08. The van der Waals surface area contributed by atoms with Crippen molar-refractivity contribution in [1.82, 2.24) is 9.97 Å². The minimum Gasteiger partial charge on any atom is -0.299 e. The van der Waals surface area contributed by atoms with Gasteiger partial charge in [-0.15, -0.1) is 0 Å². The monoisotopic (exact) mass is 176 g/mol. The summed E-state index contributed by atoms with van der Waals surface area (Å²) in [6.45, 7) is 1.89. The molecule has 0 aromatic carbocycles. The molecule has 0 spiro atoms. The average Bonchev–Trinajstić information content (AvgIpc) is 2.91. The van der Waals surface area contributed by atoms with Crippen molar-refractivity contribution in [3.63, 3.8) is 0 Å². The Morgan fingerprint density at radius 3 is 2.77 bits per heavy atom. The molecule has 0 N–H and O–H groups in total. The second-order valence-corrected chi connectivity index (χ2v) is 3.51. The third-order valence-corrected chi connectivity index (χ3v) is 2.36. The van der Waals surface area contributed by atoms with E-state index in [1.54, 1.807) is 12.4 Å². The van der Waals surface area contributed by atoms with Crippen molar-refractivity contribution in [3.05, 3.63) is 23.8 Å². The molecule has 0 saturated heterocycles. The average molecular weight is 176 g/mol. The molecule has 0 radical (unpaired) electrons. The SMILES string of the molecule is Cc1nccnc1CC(=O)C1CC1. The summed E-state index contributed by atoms with van der Waals surface area (Å²) in [6.07, 6.45) is 5.89. The number of aromatic nitrogens is 2. The zero-order chi connectivity index (χ0) is 9.26. The number of carbonyl (C=O) groups is 1. The van der Waals surface area contributed by atoms with Gasteiger partial charge in [-0.05, 0) is 19.8 Å². The van der Waals surface area contributed by atoms with Crippen LogP contribution in [0.1, 0.15) is 24.2 Å². The summed E-state index contributed by atoms with van der Waals surface area (Å²) in [5, 5.41) is 0. The Labute approximate surface area is 77.2 Å². The van der Waals surface area contributed by atoms with Crippen molar-refractivity contribution in [2.75, 3.05) is 0 Å². The van der Waals surface area contributed by atoms with Crippen LogP contribution in [0.5, 0.6) is 0 Å². The highest BCUT2D eigenvalue weighted by Gasteiger charge is 2.29. The Kier molecular flexibility index (Phi) is 2.08. The second kappa shape index (κ2) is 3.24. The van der Waals surface area contributed by atoms with Crippen LogP contribution in [0.2, 0.25) is 0 Å². The van der Waals surface area contributed by atoms with E-state index in [9.17, 15) is 4.79 Å². The maximum atomic E-state index is 11.5. The number of hydrogen-bond donors (Lipinski definition) is 0. The fourth-order valence-electron chi connectivity index (χ4n) is 1.32. The van der Waals surface area contributed by atoms with Crippen LogP contribution in [0.4, 0.5) is 0 Å². The number of rotatable bonds is 3. The molecule has 13 heavy (non-hydrogen) atoms. The van der Waals surface area contributed by atoms with Gasteiger partial charge in [0.15, 0.2) is 0 Å². The van der Waals surface area contributed by atoms with E-state index in [1.165, 1.54) is 0 Å². The number of aryl methyl sites for hydroxylation is 1. The van der Waals surface area contributed by atoms with Crippen LogP contribution in [-0.2, 0) is 11.2 Å². The van der Waals surface area contributed by atoms with Crippen molar-refractivity contribution < 1.29 is 4.79 Å². The van der Waals surface area contributed by atoms with E-state index < -0.39 is 0 Å². The van der Waals surface area contributed by atoms with Crippen LogP contribution in [0.25, 0.3) is 0 Å². The van der Waals surface area contributed by atoms with Gasteiger partial charge in [0.2, 0.25) is 0 Å². The predicted molar refractivity (Wildman–Crippen MR) is 48.2 cm³/mol. The summed E-state index contributed by atoms with van der Waals surface area (Å²) in [5.74, 6) is 0.644. The summed E-state index contributed by atoms with van der Waals surface area (Å²) >= 11 is 0. The normalized spacial score (nSPS) is 15.8.